The van der Waals surface area contributed by atoms with Crippen LogP contribution < -0.4 is 10.1 Å². The zero-order valence-electron chi connectivity index (χ0n) is 14.8. The summed E-state index contributed by atoms with van der Waals surface area (Å²) in [6.45, 7) is 7.67. The van der Waals surface area contributed by atoms with Gasteiger partial charge in [0.05, 0.1) is 19.3 Å². The minimum atomic E-state index is -0.539. The summed E-state index contributed by atoms with van der Waals surface area (Å²) < 4.78 is 26.0. The van der Waals surface area contributed by atoms with Crippen molar-refractivity contribution >= 4 is 17.5 Å². The fraction of sp³-hybridized carbons (Fsp3) is 0.611. The fourth-order valence-corrected chi connectivity index (χ4v) is 3.34. The van der Waals surface area contributed by atoms with E-state index in [1.165, 1.54) is 20.1 Å². The van der Waals surface area contributed by atoms with E-state index in [0.29, 0.717) is 23.4 Å². The van der Waals surface area contributed by atoms with Crippen molar-refractivity contribution in [1.82, 2.24) is 5.32 Å². The van der Waals surface area contributed by atoms with Gasteiger partial charge in [-0.15, -0.1) is 0 Å². The van der Waals surface area contributed by atoms with Gasteiger partial charge in [0.1, 0.15) is 0 Å². The SMILES string of the molecule is COc1ccc(Cl)c([C@@H]2C[C@H](NC(C)=O)C[C@H](C(C)(C)C)O2)c1F. The first-order valence-corrected chi connectivity index (χ1v) is 8.45. The molecule has 0 aliphatic carbocycles. The van der Waals surface area contributed by atoms with Gasteiger partial charge in [0.15, 0.2) is 11.6 Å². The smallest absolute Gasteiger partial charge is 0.217 e. The van der Waals surface area contributed by atoms with Gasteiger partial charge in [-0.25, -0.2) is 4.39 Å². The van der Waals surface area contributed by atoms with E-state index in [-0.39, 0.29) is 29.2 Å². The van der Waals surface area contributed by atoms with Gasteiger partial charge in [-0.3, -0.25) is 4.79 Å². The monoisotopic (exact) mass is 357 g/mol. The van der Waals surface area contributed by atoms with E-state index in [2.05, 4.69) is 26.1 Å². The predicted molar refractivity (Wildman–Crippen MR) is 91.9 cm³/mol. The molecule has 3 atom stereocenters. The van der Waals surface area contributed by atoms with Crippen molar-refractivity contribution in [3.8, 4) is 5.75 Å². The Morgan fingerprint density at radius 2 is 2.04 bits per heavy atom. The molecule has 1 fully saturated rings. The molecule has 0 aromatic heterocycles. The van der Waals surface area contributed by atoms with Crippen LogP contribution in [0.15, 0.2) is 12.1 Å². The van der Waals surface area contributed by atoms with Crippen LogP contribution in [0.3, 0.4) is 0 Å². The number of carbonyl (C=O) groups excluding carboxylic acids is 1. The number of carbonyl (C=O) groups is 1. The van der Waals surface area contributed by atoms with E-state index in [4.69, 9.17) is 21.1 Å². The van der Waals surface area contributed by atoms with Gasteiger partial charge in [0, 0.05) is 23.6 Å². The summed E-state index contributed by atoms with van der Waals surface area (Å²) in [7, 11) is 1.41. The molecule has 134 valence electrons. The maximum atomic E-state index is 14.8. The van der Waals surface area contributed by atoms with Crippen LogP contribution in [-0.2, 0) is 9.53 Å². The number of hydrogen-bond donors (Lipinski definition) is 1. The van der Waals surface area contributed by atoms with Crippen LogP contribution in [-0.4, -0.2) is 25.2 Å². The maximum Gasteiger partial charge on any atom is 0.217 e. The van der Waals surface area contributed by atoms with Gasteiger partial charge in [-0.2, -0.15) is 0 Å². The number of amides is 1. The molecule has 1 heterocycles. The molecule has 4 nitrogen and oxygen atoms in total. The molecule has 1 amide bonds. The maximum absolute atomic E-state index is 14.8. The quantitative estimate of drug-likeness (QED) is 0.879. The largest absolute Gasteiger partial charge is 0.494 e. The zero-order chi connectivity index (χ0) is 18.1. The van der Waals surface area contributed by atoms with E-state index >= 15 is 0 Å². The lowest BCUT2D eigenvalue weighted by atomic mass is 9.81. The molecule has 0 unspecified atom stereocenters. The summed E-state index contributed by atoms with van der Waals surface area (Å²) >= 11 is 6.24. The Balaban J connectivity index is 2.39. The molecule has 0 radical (unpaired) electrons. The minimum absolute atomic E-state index is 0.0906. The second-order valence-corrected chi connectivity index (χ2v) is 7.73. The second-order valence-electron chi connectivity index (χ2n) is 7.33. The van der Waals surface area contributed by atoms with Gasteiger partial charge in [0.25, 0.3) is 0 Å². The number of nitrogens with one attached hydrogen (secondary N) is 1. The normalized spacial score (nSPS) is 24.5. The number of halogens is 2. The number of methoxy groups -OCH3 is 1. The van der Waals surface area contributed by atoms with E-state index in [9.17, 15) is 9.18 Å². The van der Waals surface area contributed by atoms with Crippen LogP contribution in [0.25, 0.3) is 0 Å². The Bertz CT molecular complexity index is 615. The van der Waals surface area contributed by atoms with Crippen LogP contribution in [0.1, 0.15) is 52.2 Å². The highest BCUT2D eigenvalue weighted by atomic mass is 35.5. The minimum Gasteiger partial charge on any atom is -0.494 e. The summed E-state index contributed by atoms with van der Waals surface area (Å²) in [6.07, 6.45) is 0.482. The molecule has 2 rings (SSSR count). The topological polar surface area (TPSA) is 47.6 Å². The lowest BCUT2D eigenvalue weighted by Crippen LogP contribution is -2.46. The fourth-order valence-electron chi connectivity index (χ4n) is 3.07. The van der Waals surface area contributed by atoms with Crippen LogP contribution >= 0.6 is 11.6 Å². The molecular weight excluding hydrogens is 333 g/mol. The van der Waals surface area contributed by atoms with E-state index in [1.54, 1.807) is 6.07 Å². The Morgan fingerprint density at radius 1 is 1.38 bits per heavy atom. The summed E-state index contributed by atoms with van der Waals surface area (Å²) in [5, 5.41) is 3.24. The van der Waals surface area contributed by atoms with Crippen LogP contribution in [0, 0.1) is 11.2 Å². The highest BCUT2D eigenvalue weighted by Crippen LogP contribution is 2.42. The molecule has 24 heavy (non-hydrogen) atoms. The molecule has 0 saturated carbocycles. The number of hydrogen-bond acceptors (Lipinski definition) is 3. The van der Waals surface area contributed by atoms with Crippen molar-refractivity contribution in [3.05, 3.63) is 28.5 Å². The van der Waals surface area contributed by atoms with Crippen molar-refractivity contribution in [2.45, 2.75) is 58.8 Å². The van der Waals surface area contributed by atoms with Crippen molar-refractivity contribution < 1.29 is 18.7 Å². The van der Waals surface area contributed by atoms with Crippen LogP contribution in [0.2, 0.25) is 5.02 Å². The van der Waals surface area contributed by atoms with Gasteiger partial charge in [0.2, 0.25) is 5.91 Å². The Morgan fingerprint density at radius 3 is 2.58 bits per heavy atom. The van der Waals surface area contributed by atoms with Crippen LogP contribution in [0.5, 0.6) is 5.75 Å². The first-order valence-electron chi connectivity index (χ1n) is 8.08. The molecule has 1 saturated heterocycles. The third-order valence-corrected chi connectivity index (χ3v) is 4.66. The zero-order valence-corrected chi connectivity index (χ0v) is 15.5. The number of benzene rings is 1. The van der Waals surface area contributed by atoms with Crippen molar-refractivity contribution in [2.24, 2.45) is 5.41 Å². The standard InChI is InChI=1S/C18H25ClFNO3/c1-10(22)21-11-8-14(24-15(9-11)18(2,3)4)16-12(19)6-7-13(23-5)17(16)20/h6-7,11,14-15H,8-9H2,1-5H3,(H,21,22)/t11-,14-,15+/m0/s1. The van der Waals surface area contributed by atoms with Crippen molar-refractivity contribution in [1.29, 1.82) is 0 Å². The van der Waals surface area contributed by atoms with Gasteiger partial charge < -0.3 is 14.8 Å². The number of ether oxygens (including phenoxy) is 2. The Hall–Kier alpha value is -1.33. The summed E-state index contributed by atoms with van der Waals surface area (Å²) in [5.74, 6) is -0.483. The molecule has 1 aromatic carbocycles. The molecule has 0 bridgehead atoms. The molecule has 1 aliphatic rings. The molecule has 6 heteroatoms. The molecule has 1 N–H and O–H groups in total. The van der Waals surface area contributed by atoms with Crippen molar-refractivity contribution in [2.75, 3.05) is 7.11 Å². The lowest BCUT2D eigenvalue weighted by molar-refractivity contribution is -0.127. The van der Waals surface area contributed by atoms with E-state index in [1.807, 2.05) is 0 Å². The average molecular weight is 358 g/mol. The average Bonchev–Trinajstić information content (AvgIpc) is 2.45. The molecular formula is C18H25ClFNO3. The summed E-state index contributed by atoms with van der Waals surface area (Å²) in [4.78, 5) is 11.5. The lowest BCUT2D eigenvalue weighted by Gasteiger charge is -2.42. The molecule has 0 spiro atoms. The highest BCUT2D eigenvalue weighted by Gasteiger charge is 2.39. The molecule has 1 aromatic rings. The Kier molecular flexibility index (Phi) is 5.76. The predicted octanol–water partition coefficient (Wildman–Crippen LogP) is 4.26. The Labute approximate surface area is 147 Å². The van der Waals surface area contributed by atoms with E-state index in [0.717, 1.165) is 0 Å². The van der Waals surface area contributed by atoms with Gasteiger partial charge in [-0.1, -0.05) is 32.4 Å². The number of rotatable bonds is 3. The summed E-state index contributed by atoms with van der Waals surface area (Å²) in [6, 6.07) is 3.01. The first-order chi connectivity index (χ1) is 11.1. The van der Waals surface area contributed by atoms with Gasteiger partial charge in [-0.05, 0) is 30.4 Å². The van der Waals surface area contributed by atoms with Crippen molar-refractivity contribution in [3.63, 3.8) is 0 Å². The van der Waals surface area contributed by atoms with E-state index < -0.39 is 11.9 Å². The second kappa shape index (κ2) is 7.28. The summed E-state index contributed by atoms with van der Waals surface area (Å²) in [5.41, 5.74) is 0.150. The van der Waals surface area contributed by atoms with Gasteiger partial charge >= 0.3 is 0 Å². The molecule has 1 aliphatic heterocycles. The van der Waals surface area contributed by atoms with Crippen LogP contribution in [0.4, 0.5) is 4.39 Å². The third kappa shape index (κ3) is 4.19. The first kappa shape index (κ1) is 19.0. The third-order valence-electron chi connectivity index (χ3n) is 4.33. The highest BCUT2D eigenvalue weighted by molar-refractivity contribution is 6.31.